The summed E-state index contributed by atoms with van der Waals surface area (Å²) in [5, 5.41) is 21.5. The van der Waals surface area contributed by atoms with Crippen molar-refractivity contribution in [2.75, 3.05) is 0 Å². The summed E-state index contributed by atoms with van der Waals surface area (Å²) in [5.41, 5.74) is -0.595. The average Bonchev–Trinajstić information content (AvgIpc) is 2.79. The van der Waals surface area contributed by atoms with Crippen molar-refractivity contribution in [3.8, 4) is 11.5 Å². The monoisotopic (exact) mass is 450 g/mol. The third-order valence-electron chi connectivity index (χ3n) is 4.37. The molecule has 33 heavy (non-hydrogen) atoms. The zero-order chi connectivity index (χ0) is 24.1. The first-order valence-corrected chi connectivity index (χ1v) is 9.24. The normalized spacial score (nSPS) is 10.2. The van der Waals surface area contributed by atoms with Crippen molar-refractivity contribution in [1.29, 1.82) is 0 Å². The van der Waals surface area contributed by atoms with Gasteiger partial charge >= 0.3 is 11.9 Å². The van der Waals surface area contributed by atoms with E-state index in [1.54, 1.807) is 0 Å². The standard InChI is InChI=1S/C22H14N2O9/c1-13(25)20-18(32-21(26)14-5-9-16(10-6-14)23(28)29)3-2-4-19(20)33-22(27)15-7-11-17(12-8-15)24(30)31/h2-12H,1H3. The van der Waals surface area contributed by atoms with E-state index in [4.69, 9.17) is 9.47 Å². The topological polar surface area (TPSA) is 156 Å². The lowest BCUT2D eigenvalue weighted by molar-refractivity contribution is -0.385. The highest BCUT2D eigenvalue weighted by molar-refractivity contribution is 6.02. The lowest BCUT2D eigenvalue weighted by Gasteiger charge is -2.13. The van der Waals surface area contributed by atoms with Crippen LogP contribution in [0, 0.1) is 20.2 Å². The highest BCUT2D eigenvalue weighted by atomic mass is 16.6. The number of carbonyl (C=O) groups excluding carboxylic acids is 3. The van der Waals surface area contributed by atoms with Crippen LogP contribution in [0.5, 0.6) is 11.5 Å². The molecule has 166 valence electrons. The Balaban J connectivity index is 1.85. The van der Waals surface area contributed by atoms with Gasteiger partial charge in [-0.3, -0.25) is 25.0 Å². The number of nitro groups is 2. The molecule has 3 aromatic rings. The molecule has 0 atom stereocenters. The van der Waals surface area contributed by atoms with Crippen molar-refractivity contribution >= 4 is 29.1 Å². The van der Waals surface area contributed by atoms with Crippen LogP contribution < -0.4 is 9.47 Å². The van der Waals surface area contributed by atoms with Gasteiger partial charge in [0.1, 0.15) is 17.1 Å². The van der Waals surface area contributed by atoms with E-state index in [1.165, 1.54) is 49.4 Å². The Labute approximate surface area is 185 Å². The summed E-state index contributed by atoms with van der Waals surface area (Å²) in [5.74, 6) is -2.69. The molecule has 0 aliphatic carbocycles. The smallest absolute Gasteiger partial charge is 0.343 e. The highest BCUT2D eigenvalue weighted by Gasteiger charge is 2.22. The van der Waals surface area contributed by atoms with Crippen LogP contribution in [0.4, 0.5) is 11.4 Å². The van der Waals surface area contributed by atoms with Crippen LogP contribution >= 0.6 is 0 Å². The quantitative estimate of drug-likeness (QED) is 0.170. The molecule has 0 radical (unpaired) electrons. The zero-order valence-corrected chi connectivity index (χ0v) is 16.9. The van der Waals surface area contributed by atoms with Gasteiger partial charge < -0.3 is 9.47 Å². The summed E-state index contributed by atoms with van der Waals surface area (Å²) >= 11 is 0. The zero-order valence-electron chi connectivity index (χ0n) is 16.9. The first-order valence-electron chi connectivity index (χ1n) is 9.24. The Morgan fingerprint density at radius 1 is 0.667 bits per heavy atom. The molecule has 0 aliphatic rings. The summed E-state index contributed by atoms with van der Waals surface area (Å²) in [6.07, 6.45) is 0. The van der Waals surface area contributed by atoms with E-state index in [0.29, 0.717) is 0 Å². The molecule has 0 amide bonds. The largest absolute Gasteiger partial charge is 0.422 e. The first-order chi connectivity index (χ1) is 15.7. The lowest BCUT2D eigenvalue weighted by Crippen LogP contribution is -2.14. The molecule has 3 rings (SSSR count). The number of carbonyl (C=O) groups is 3. The molecule has 0 spiro atoms. The van der Waals surface area contributed by atoms with Crippen LogP contribution in [-0.2, 0) is 0 Å². The maximum atomic E-state index is 12.4. The van der Waals surface area contributed by atoms with Gasteiger partial charge in [-0.05, 0) is 43.3 Å². The molecule has 0 heterocycles. The molecule has 0 bridgehead atoms. The highest BCUT2D eigenvalue weighted by Crippen LogP contribution is 2.30. The molecule has 0 saturated carbocycles. The Hall–Kier alpha value is -4.93. The molecule has 0 unspecified atom stereocenters. The molecule has 3 aromatic carbocycles. The maximum absolute atomic E-state index is 12.4. The molecule has 0 saturated heterocycles. The molecule has 11 nitrogen and oxygen atoms in total. The van der Waals surface area contributed by atoms with Crippen molar-refractivity contribution in [1.82, 2.24) is 0 Å². The number of esters is 2. The summed E-state index contributed by atoms with van der Waals surface area (Å²) in [7, 11) is 0. The molecular formula is C22H14N2O9. The van der Waals surface area contributed by atoms with Gasteiger partial charge in [0.25, 0.3) is 11.4 Å². The second-order valence-electron chi connectivity index (χ2n) is 6.57. The third kappa shape index (κ3) is 5.22. The van der Waals surface area contributed by atoms with Crippen molar-refractivity contribution in [3.63, 3.8) is 0 Å². The predicted molar refractivity (Wildman–Crippen MR) is 113 cm³/mol. The van der Waals surface area contributed by atoms with E-state index >= 15 is 0 Å². The number of hydrogen-bond donors (Lipinski definition) is 0. The van der Waals surface area contributed by atoms with E-state index in [2.05, 4.69) is 0 Å². The average molecular weight is 450 g/mol. The molecular weight excluding hydrogens is 436 g/mol. The van der Waals surface area contributed by atoms with Gasteiger partial charge in [-0.25, -0.2) is 9.59 Å². The van der Waals surface area contributed by atoms with Crippen LogP contribution in [0.25, 0.3) is 0 Å². The van der Waals surface area contributed by atoms with Crippen LogP contribution in [-0.4, -0.2) is 27.6 Å². The summed E-state index contributed by atoms with van der Waals surface area (Å²) < 4.78 is 10.5. The minimum absolute atomic E-state index is 0.00313. The summed E-state index contributed by atoms with van der Waals surface area (Å²) in [6.45, 7) is 1.18. The fraction of sp³-hybridized carbons (Fsp3) is 0.0455. The number of rotatable bonds is 7. The fourth-order valence-corrected chi connectivity index (χ4v) is 2.78. The molecule has 0 aliphatic heterocycles. The van der Waals surface area contributed by atoms with Crippen molar-refractivity contribution in [2.45, 2.75) is 6.92 Å². The van der Waals surface area contributed by atoms with Crippen LogP contribution in [0.3, 0.4) is 0 Å². The van der Waals surface area contributed by atoms with Crippen molar-refractivity contribution in [2.24, 2.45) is 0 Å². The van der Waals surface area contributed by atoms with E-state index in [9.17, 15) is 34.6 Å². The van der Waals surface area contributed by atoms with Crippen molar-refractivity contribution < 1.29 is 33.7 Å². The molecule has 0 N–H and O–H groups in total. The number of hydrogen-bond acceptors (Lipinski definition) is 9. The van der Waals surface area contributed by atoms with E-state index in [1.807, 2.05) is 0 Å². The van der Waals surface area contributed by atoms with E-state index < -0.39 is 27.6 Å². The lowest BCUT2D eigenvalue weighted by atomic mass is 10.1. The number of non-ortho nitro benzene ring substituents is 2. The van der Waals surface area contributed by atoms with Gasteiger partial charge in [0.15, 0.2) is 5.78 Å². The van der Waals surface area contributed by atoms with Crippen molar-refractivity contribution in [3.05, 3.63) is 104 Å². The van der Waals surface area contributed by atoms with E-state index in [0.717, 1.165) is 24.3 Å². The van der Waals surface area contributed by atoms with Gasteiger partial charge in [-0.1, -0.05) is 6.07 Å². The van der Waals surface area contributed by atoms with Gasteiger partial charge in [-0.15, -0.1) is 0 Å². The van der Waals surface area contributed by atoms with Gasteiger partial charge in [0, 0.05) is 24.3 Å². The van der Waals surface area contributed by atoms with Crippen LogP contribution in [0.1, 0.15) is 38.0 Å². The minimum atomic E-state index is -0.883. The number of benzene rings is 3. The number of Topliss-reactive ketones (excluding diaryl/α,β-unsaturated/α-hetero) is 1. The first kappa shape index (κ1) is 22.7. The van der Waals surface area contributed by atoms with Gasteiger partial charge in [-0.2, -0.15) is 0 Å². The molecule has 0 aromatic heterocycles. The van der Waals surface area contributed by atoms with Gasteiger partial charge in [0.05, 0.1) is 21.0 Å². The number of ketones is 1. The molecule has 11 heteroatoms. The second kappa shape index (κ2) is 9.47. The van der Waals surface area contributed by atoms with Gasteiger partial charge in [0.2, 0.25) is 0 Å². The van der Waals surface area contributed by atoms with E-state index in [-0.39, 0.29) is 39.6 Å². The number of nitro benzene ring substituents is 2. The summed E-state index contributed by atoms with van der Waals surface area (Å²) in [4.78, 5) is 57.4. The van der Waals surface area contributed by atoms with Crippen LogP contribution in [0.15, 0.2) is 66.7 Å². The SMILES string of the molecule is CC(=O)c1c(OC(=O)c2ccc([N+](=O)[O-])cc2)cccc1OC(=O)c1ccc([N+](=O)[O-])cc1. The number of nitrogens with zero attached hydrogens (tertiary/aromatic N) is 2. The fourth-order valence-electron chi connectivity index (χ4n) is 2.78. The summed E-state index contributed by atoms with van der Waals surface area (Å²) in [6, 6.07) is 13.4. The second-order valence-corrected chi connectivity index (χ2v) is 6.57. The minimum Gasteiger partial charge on any atom is -0.422 e. The number of ether oxygens (including phenoxy) is 2. The predicted octanol–water partition coefficient (Wildman–Crippen LogP) is 4.14. The molecule has 0 fully saturated rings. The Bertz CT molecular complexity index is 1180. The maximum Gasteiger partial charge on any atom is 0.343 e. The Morgan fingerprint density at radius 2 is 1.03 bits per heavy atom. The third-order valence-corrected chi connectivity index (χ3v) is 4.37. The Morgan fingerprint density at radius 3 is 1.33 bits per heavy atom. The van der Waals surface area contributed by atoms with Crippen LogP contribution in [0.2, 0.25) is 0 Å². The Kier molecular flexibility index (Phi) is 6.53.